The second-order valence-corrected chi connectivity index (χ2v) is 8.74. The van der Waals surface area contributed by atoms with Crippen molar-refractivity contribution in [2.75, 3.05) is 0 Å². The van der Waals surface area contributed by atoms with E-state index in [0.29, 0.717) is 0 Å². The number of hydrogen-bond acceptors (Lipinski definition) is 0. The first-order valence-electron chi connectivity index (χ1n) is 10.2. The van der Waals surface area contributed by atoms with Crippen LogP contribution in [0.5, 0.6) is 0 Å². The summed E-state index contributed by atoms with van der Waals surface area (Å²) in [6.07, 6.45) is 2.90. The lowest BCUT2D eigenvalue weighted by atomic mass is 9.92. The van der Waals surface area contributed by atoms with E-state index in [2.05, 4.69) is 119 Å². The van der Waals surface area contributed by atoms with Crippen molar-refractivity contribution in [2.45, 2.75) is 18.5 Å². The van der Waals surface area contributed by atoms with E-state index in [1.54, 1.807) is 0 Å². The van der Waals surface area contributed by atoms with E-state index in [1.807, 2.05) is 0 Å². The van der Waals surface area contributed by atoms with Crippen molar-refractivity contribution in [2.24, 2.45) is 0 Å². The van der Waals surface area contributed by atoms with E-state index in [9.17, 15) is 0 Å². The summed E-state index contributed by atoms with van der Waals surface area (Å²) >= 11 is 0. The van der Waals surface area contributed by atoms with Gasteiger partial charge in [-0.15, -0.1) is 27.7 Å². The van der Waals surface area contributed by atoms with E-state index >= 15 is 0 Å². The largest absolute Gasteiger partial charge is 0.133 e. The molecule has 0 N–H and O–H groups in total. The third kappa shape index (κ3) is 4.90. The fraction of sp³-hybridized carbons (Fsp3) is 0.111. The first-order chi connectivity index (χ1) is 14.7. The summed E-state index contributed by atoms with van der Waals surface area (Å²) in [5.41, 5.74) is 11.6. The second kappa shape index (κ2) is 9.98. The smallest absolute Gasteiger partial charge is 0.0128 e. The zero-order valence-corrected chi connectivity index (χ0v) is 20.5. The van der Waals surface area contributed by atoms with Gasteiger partial charge >= 0.3 is 0 Å². The topological polar surface area (TPSA) is 0 Å². The average Bonchev–Trinajstić information content (AvgIpc) is 2.83. The Morgan fingerprint density at radius 1 is 0.367 bits per heavy atom. The predicted molar refractivity (Wildman–Crippen MR) is 143 cm³/mol. The second-order valence-electron chi connectivity index (χ2n) is 7.51. The fourth-order valence-electron chi connectivity index (χ4n) is 3.76. The zero-order valence-electron chi connectivity index (χ0n) is 17.0. The lowest BCUT2D eigenvalue weighted by Gasteiger charge is -2.13. The average molecular weight is 444 g/mol. The van der Waals surface area contributed by atoms with Crippen LogP contribution in [0.1, 0.15) is 16.7 Å². The molecule has 3 unspecified atom stereocenters. The highest BCUT2D eigenvalue weighted by molar-refractivity contribution is 7.15. The van der Waals surface area contributed by atoms with E-state index in [0.717, 1.165) is 18.5 Å². The molecule has 150 valence electrons. The van der Waals surface area contributed by atoms with Crippen LogP contribution in [0.2, 0.25) is 0 Å². The Bertz CT molecular complexity index is 1010. The highest BCUT2D eigenvalue weighted by Gasteiger charge is 2.09. The van der Waals surface area contributed by atoms with Crippen molar-refractivity contribution in [1.82, 2.24) is 0 Å². The lowest BCUT2D eigenvalue weighted by molar-refractivity contribution is 1.40. The Labute approximate surface area is 187 Å². The van der Waals surface area contributed by atoms with Crippen molar-refractivity contribution in [3.8, 4) is 33.4 Å². The van der Waals surface area contributed by atoms with Crippen LogP contribution in [0.25, 0.3) is 33.4 Å². The molecule has 0 aliphatic carbocycles. The molecule has 0 saturated heterocycles. The van der Waals surface area contributed by atoms with Crippen molar-refractivity contribution in [1.29, 1.82) is 0 Å². The maximum absolute atomic E-state index is 2.83. The third-order valence-corrected chi connectivity index (χ3v) is 6.84. The van der Waals surface area contributed by atoms with Crippen molar-refractivity contribution in [3.05, 3.63) is 108 Å². The van der Waals surface area contributed by atoms with Gasteiger partial charge in [0.25, 0.3) is 0 Å². The fourth-order valence-corrected chi connectivity index (χ4v) is 4.52. The minimum absolute atomic E-state index is 0.965. The standard InChI is InChI=1S/C27H27P3/c28-16-19-4-1-7-22(10-19)25-13-26(23-8-2-5-20(11-23)17-29)15-27(14-25)24-9-3-6-21(12-24)18-30/h1-15H,16-18,28-30H2. The molecule has 0 saturated carbocycles. The van der Waals surface area contributed by atoms with E-state index in [4.69, 9.17) is 0 Å². The van der Waals surface area contributed by atoms with Crippen LogP contribution in [0, 0.1) is 0 Å². The van der Waals surface area contributed by atoms with Crippen LogP contribution in [0.4, 0.5) is 0 Å². The molecule has 0 aromatic heterocycles. The minimum Gasteiger partial charge on any atom is -0.133 e. The summed E-state index contributed by atoms with van der Waals surface area (Å²) in [5.74, 6) is 0. The van der Waals surface area contributed by atoms with E-state index in [-0.39, 0.29) is 0 Å². The molecular formula is C27H27P3. The molecular weight excluding hydrogens is 417 g/mol. The van der Waals surface area contributed by atoms with Crippen LogP contribution in [0.3, 0.4) is 0 Å². The van der Waals surface area contributed by atoms with Gasteiger partial charge in [0.2, 0.25) is 0 Å². The van der Waals surface area contributed by atoms with Gasteiger partial charge in [-0.25, -0.2) is 0 Å². The summed E-state index contributed by atoms with van der Waals surface area (Å²) in [4.78, 5) is 0. The molecule has 3 heteroatoms. The van der Waals surface area contributed by atoms with Crippen LogP contribution < -0.4 is 0 Å². The van der Waals surface area contributed by atoms with Gasteiger partial charge in [0, 0.05) is 0 Å². The molecule has 0 radical (unpaired) electrons. The number of rotatable bonds is 6. The van der Waals surface area contributed by atoms with Gasteiger partial charge in [0.1, 0.15) is 0 Å². The van der Waals surface area contributed by atoms with Crippen LogP contribution in [0.15, 0.2) is 91.0 Å². The SMILES string of the molecule is PCc1cccc(-c2cc(-c3cccc(CP)c3)cc(-c3cccc(CP)c3)c2)c1. The molecule has 30 heavy (non-hydrogen) atoms. The van der Waals surface area contributed by atoms with Gasteiger partial charge in [0.05, 0.1) is 0 Å². The summed E-state index contributed by atoms with van der Waals surface area (Å²) in [6.45, 7) is 0. The maximum atomic E-state index is 2.83. The van der Waals surface area contributed by atoms with Crippen molar-refractivity contribution >= 4 is 27.7 Å². The molecule has 0 bridgehead atoms. The number of benzene rings is 4. The highest BCUT2D eigenvalue weighted by Crippen LogP contribution is 2.34. The molecule has 0 amide bonds. The van der Waals surface area contributed by atoms with E-state index in [1.165, 1.54) is 50.1 Å². The molecule has 0 aliphatic heterocycles. The third-order valence-electron chi connectivity index (χ3n) is 5.42. The summed E-state index contributed by atoms with van der Waals surface area (Å²) in [7, 11) is 8.48. The lowest BCUT2D eigenvalue weighted by Crippen LogP contribution is -1.89. The van der Waals surface area contributed by atoms with Crippen LogP contribution in [-0.4, -0.2) is 0 Å². The zero-order chi connectivity index (χ0) is 20.9. The Morgan fingerprint density at radius 3 is 0.933 bits per heavy atom. The maximum Gasteiger partial charge on any atom is -0.0128 e. The Hall–Kier alpha value is -1.83. The summed E-state index contributed by atoms with van der Waals surface area (Å²) in [5, 5.41) is 0. The van der Waals surface area contributed by atoms with Gasteiger partial charge in [-0.05, 0) is 86.8 Å². The molecule has 0 heterocycles. The predicted octanol–water partition coefficient (Wildman–Crippen LogP) is 7.81. The van der Waals surface area contributed by atoms with E-state index < -0.39 is 0 Å². The molecule has 4 rings (SSSR count). The van der Waals surface area contributed by atoms with Gasteiger partial charge in [-0.1, -0.05) is 72.8 Å². The van der Waals surface area contributed by atoms with Gasteiger partial charge in [-0.3, -0.25) is 0 Å². The van der Waals surface area contributed by atoms with Gasteiger partial charge in [-0.2, -0.15) is 0 Å². The molecule has 0 spiro atoms. The summed E-state index contributed by atoms with van der Waals surface area (Å²) < 4.78 is 0. The van der Waals surface area contributed by atoms with Crippen LogP contribution >= 0.6 is 27.7 Å². The van der Waals surface area contributed by atoms with Crippen molar-refractivity contribution in [3.63, 3.8) is 0 Å². The monoisotopic (exact) mass is 444 g/mol. The summed E-state index contributed by atoms with van der Waals surface area (Å²) in [6, 6.07) is 33.6. The highest BCUT2D eigenvalue weighted by atomic mass is 31.0. The Kier molecular flexibility index (Phi) is 7.12. The molecule has 4 aromatic rings. The van der Waals surface area contributed by atoms with Gasteiger partial charge in [0.15, 0.2) is 0 Å². The van der Waals surface area contributed by atoms with Crippen LogP contribution in [-0.2, 0) is 18.5 Å². The molecule has 0 aliphatic rings. The Balaban J connectivity index is 1.91. The van der Waals surface area contributed by atoms with Crippen molar-refractivity contribution < 1.29 is 0 Å². The number of hydrogen-bond donors (Lipinski definition) is 0. The normalized spacial score (nSPS) is 10.9. The molecule has 3 atom stereocenters. The minimum atomic E-state index is 0.965. The molecule has 0 fully saturated rings. The first-order valence-corrected chi connectivity index (χ1v) is 12.7. The Morgan fingerprint density at radius 2 is 0.667 bits per heavy atom. The first kappa shape index (κ1) is 21.4. The molecule has 4 aromatic carbocycles. The van der Waals surface area contributed by atoms with Gasteiger partial charge < -0.3 is 0 Å². The quantitative estimate of drug-likeness (QED) is 0.266. The molecule has 0 nitrogen and oxygen atoms in total.